The predicted octanol–water partition coefficient (Wildman–Crippen LogP) is 6.67. The molecule has 0 aliphatic heterocycles. The minimum absolute atomic E-state index is 0.350. The highest BCUT2D eigenvalue weighted by atomic mass is 32.2. The molecule has 5 aromatic rings. The molecule has 0 saturated heterocycles. The lowest BCUT2D eigenvalue weighted by molar-refractivity contribution is 0.0703. The maximum absolute atomic E-state index is 12.1. The molecule has 0 fully saturated rings. The van der Waals surface area contributed by atoms with Gasteiger partial charge >= 0.3 is 5.97 Å². The molecule has 37 heavy (non-hydrogen) atoms. The number of rotatable bonds is 11. The molecule has 2 N–H and O–H groups in total. The van der Waals surface area contributed by atoms with E-state index in [0.717, 1.165) is 55.5 Å². The summed E-state index contributed by atoms with van der Waals surface area (Å²) in [4.78, 5) is 18.2. The number of benzene rings is 2. The van der Waals surface area contributed by atoms with Crippen molar-refractivity contribution < 1.29 is 9.90 Å². The van der Waals surface area contributed by atoms with Gasteiger partial charge in [-0.1, -0.05) is 86.5 Å². The van der Waals surface area contributed by atoms with Crippen LogP contribution in [0.5, 0.6) is 0 Å². The summed E-state index contributed by atoms with van der Waals surface area (Å²) in [5.41, 5.74) is 5.56. The Bertz CT molecular complexity index is 1510. The molecule has 0 radical (unpaired) electrons. The quantitative estimate of drug-likeness (QED) is 0.144. The molecule has 5 rings (SSSR count). The van der Waals surface area contributed by atoms with Gasteiger partial charge in [-0.15, -0.1) is 21.5 Å². The van der Waals surface area contributed by atoms with Gasteiger partial charge in [-0.05, 0) is 35.2 Å². The Labute approximate surface area is 223 Å². The van der Waals surface area contributed by atoms with Crippen LogP contribution in [0.1, 0.15) is 52.7 Å². The van der Waals surface area contributed by atoms with Gasteiger partial charge in [-0.25, -0.2) is 9.78 Å². The SMILES string of the molecule is CCCCCCSc1nc2c(C)sc(C(=O)O)c2n1Cc1ccc(-c2ccccc2-c2nn[nH]n2)cc1. The summed E-state index contributed by atoms with van der Waals surface area (Å²) in [6.07, 6.45) is 4.75. The lowest BCUT2D eigenvalue weighted by Crippen LogP contribution is -2.05. The Morgan fingerprint density at radius 1 is 1.08 bits per heavy atom. The van der Waals surface area contributed by atoms with Crippen molar-refractivity contribution in [2.75, 3.05) is 5.75 Å². The summed E-state index contributed by atoms with van der Waals surface area (Å²) < 4.78 is 2.08. The smallest absolute Gasteiger partial charge is 0.348 e. The van der Waals surface area contributed by atoms with E-state index in [2.05, 4.69) is 56.4 Å². The van der Waals surface area contributed by atoms with Gasteiger partial charge in [0.25, 0.3) is 0 Å². The Hall–Kier alpha value is -3.50. The fraction of sp³-hybridized carbons (Fsp3) is 0.296. The number of thioether (sulfide) groups is 1. The third-order valence-electron chi connectivity index (χ3n) is 6.28. The monoisotopic (exact) mass is 532 g/mol. The average Bonchev–Trinajstić information content (AvgIpc) is 3.63. The van der Waals surface area contributed by atoms with Crippen molar-refractivity contribution in [1.82, 2.24) is 30.2 Å². The molecule has 3 heterocycles. The number of thiophene rings is 1. The average molecular weight is 533 g/mol. The number of aryl methyl sites for hydroxylation is 1. The fourth-order valence-electron chi connectivity index (χ4n) is 4.43. The van der Waals surface area contributed by atoms with Gasteiger partial charge in [-0.2, -0.15) is 5.21 Å². The topological polar surface area (TPSA) is 110 Å². The number of hydrogen-bond acceptors (Lipinski definition) is 7. The maximum Gasteiger partial charge on any atom is 0.348 e. The second kappa shape index (κ2) is 11.3. The van der Waals surface area contributed by atoms with E-state index in [-0.39, 0.29) is 0 Å². The molecule has 0 bridgehead atoms. The van der Waals surface area contributed by atoms with E-state index in [9.17, 15) is 9.90 Å². The van der Waals surface area contributed by atoms with Crippen LogP contribution in [0, 0.1) is 6.92 Å². The molecule has 0 aliphatic carbocycles. The van der Waals surface area contributed by atoms with Crippen molar-refractivity contribution in [3.8, 4) is 22.5 Å². The van der Waals surface area contributed by atoms with Crippen LogP contribution in [0.4, 0.5) is 0 Å². The Balaban J connectivity index is 1.46. The van der Waals surface area contributed by atoms with Gasteiger partial charge in [0.1, 0.15) is 10.4 Å². The van der Waals surface area contributed by atoms with Gasteiger partial charge in [0, 0.05) is 16.2 Å². The standard InChI is InChI=1S/C27H28N6O2S2/c1-3-4-5-8-15-36-27-28-22-17(2)37-24(26(34)35)23(22)33(27)16-18-11-13-19(14-12-18)20-9-6-7-10-21(20)25-29-31-32-30-25/h6-7,9-14H,3-5,8,15-16H2,1-2H3,(H,34,35)(H,29,30,31,32). The van der Waals surface area contributed by atoms with Gasteiger partial charge in [0.05, 0.1) is 12.1 Å². The molecule has 0 aliphatic rings. The van der Waals surface area contributed by atoms with Crippen molar-refractivity contribution in [3.63, 3.8) is 0 Å². The van der Waals surface area contributed by atoms with Crippen LogP contribution >= 0.6 is 23.1 Å². The first-order valence-corrected chi connectivity index (χ1v) is 14.1. The molecule has 190 valence electrons. The van der Waals surface area contributed by atoms with Crippen LogP contribution in [0.3, 0.4) is 0 Å². The predicted molar refractivity (Wildman–Crippen MR) is 148 cm³/mol. The Morgan fingerprint density at radius 2 is 1.86 bits per heavy atom. The third-order valence-corrected chi connectivity index (χ3v) is 8.41. The van der Waals surface area contributed by atoms with Crippen LogP contribution in [0.2, 0.25) is 0 Å². The zero-order chi connectivity index (χ0) is 25.8. The van der Waals surface area contributed by atoms with Crippen LogP contribution in [-0.2, 0) is 6.54 Å². The van der Waals surface area contributed by atoms with E-state index in [1.54, 1.807) is 11.8 Å². The lowest BCUT2D eigenvalue weighted by atomic mass is 9.98. The summed E-state index contributed by atoms with van der Waals surface area (Å²) in [6.45, 7) is 4.71. The number of hydrogen-bond donors (Lipinski definition) is 2. The molecule has 8 nitrogen and oxygen atoms in total. The van der Waals surface area contributed by atoms with E-state index in [1.807, 2.05) is 31.2 Å². The van der Waals surface area contributed by atoms with Gasteiger partial charge in [0.2, 0.25) is 5.82 Å². The van der Waals surface area contributed by atoms with Crippen LogP contribution in [0.15, 0.2) is 53.7 Å². The van der Waals surface area contributed by atoms with Crippen molar-refractivity contribution in [2.24, 2.45) is 0 Å². The number of carbonyl (C=O) groups is 1. The van der Waals surface area contributed by atoms with Gasteiger partial charge in [-0.3, -0.25) is 0 Å². The van der Waals surface area contributed by atoms with E-state index >= 15 is 0 Å². The van der Waals surface area contributed by atoms with Gasteiger partial charge in [0.15, 0.2) is 5.16 Å². The van der Waals surface area contributed by atoms with E-state index in [0.29, 0.717) is 17.2 Å². The largest absolute Gasteiger partial charge is 0.477 e. The molecule has 0 atom stereocenters. The van der Waals surface area contributed by atoms with Crippen molar-refractivity contribution in [1.29, 1.82) is 0 Å². The summed E-state index contributed by atoms with van der Waals surface area (Å²) in [5, 5.41) is 25.2. The number of imidazole rings is 1. The number of tetrazole rings is 1. The summed E-state index contributed by atoms with van der Waals surface area (Å²) >= 11 is 3.02. The highest BCUT2D eigenvalue weighted by Gasteiger charge is 2.23. The zero-order valence-corrected chi connectivity index (χ0v) is 22.4. The molecule has 0 unspecified atom stereocenters. The molecule has 0 spiro atoms. The minimum atomic E-state index is -0.905. The van der Waals surface area contributed by atoms with Gasteiger partial charge < -0.3 is 9.67 Å². The third kappa shape index (κ3) is 5.30. The second-order valence-corrected chi connectivity index (χ2v) is 11.1. The summed E-state index contributed by atoms with van der Waals surface area (Å²) in [7, 11) is 0. The summed E-state index contributed by atoms with van der Waals surface area (Å²) in [5.74, 6) is 0.614. The van der Waals surface area contributed by atoms with Crippen molar-refractivity contribution in [2.45, 2.75) is 51.2 Å². The van der Waals surface area contributed by atoms with Crippen LogP contribution < -0.4 is 0 Å². The van der Waals surface area contributed by atoms with E-state index in [1.165, 1.54) is 30.6 Å². The number of carboxylic acids is 1. The number of carboxylic acid groups (broad SMARTS) is 1. The number of nitrogens with zero attached hydrogens (tertiary/aromatic N) is 5. The molecular weight excluding hydrogens is 504 g/mol. The first-order valence-electron chi connectivity index (χ1n) is 12.3. The highest BCUT2D eigenvalue weighted by molar-refractivity contribution is 7.99. The van der Waals surface area contributed by atoms with Crippen LogP contribution in [-0.4, -0.2) is 47.0 Å². The second-order valence-electron chi connectivity index (χ2n) is 8.86. The Kier molecular flexibility index (Phi) is 7.66. The van der Waals surface area contributed by atoms with E-state index < -0.39 is 5.97 Å². The molecule has 10 heteroatoms. The molecular formula is C27H28N6O2S2. The molecule has 3 aromatic heterocycles. The molecule has 2 aromatic carbocycles. The normalized spacial score (nSPS) is 11.4. The Morgan fingerprint density at radius 3 is 2.57 bits per heavy atom. The first-order chi connectivity index (χ1) is 18.1. The maximum atomic E-state index is 12.1. The molecule has 0 amide bonds. The summed E-state index contributed by atoms with van der Waals surface area (Å²) in [6, 6.07) is 16.3. The number of aromatic nitrogens is 6. The lowest BCUT2D eigenvalue weighted by Gasteiger charge is -2.11. The fourth-order valence-corrected chi connectivity index (χ4v) is 6.36. The number of fused-ring (bicyclic) bond motifs is 1. The highest BCUT2D eigenvalue weighted by Crippen LogP contribution is 2.36. The number of aromatic amines is 1. The van der Waals surface area contributed by atoms with Crippen molar-refractivity contribution >= 4 is 40.1 Å². The van der Waals surface area contributed by atoms with E-state index in [4.69, 9.17) is 4.98 Å². The molecule has 0 saturated carbocycles. The number of unbranched alkanes of at least 4 members (excludes halogenated alkanes) is 3. The minimum Gasteiger partial charge on any atom is -0.477 e. The first kappa shape index (κ1) is 25.2. The number of H-pyrrole nitrogens is 1. The van der Waals surface area contributed by atoms with Crippen molar-refractivity contribution in [3.05, 3.63) is 63.8 Å². The number of nitrogens with one attached hydrogen (secondary N) is 1. The number of aromatic carboxylic acids is 1. The zero-order valence-electron chi connectivity index (χ0n) is 20.8. The van der Waals surface area contributed by atoms with Crippen LogP contribution in [0.25, 0.3) is 33.5 Å².